The normalized spacial score (nSPS) is 12.7. The Hall–Kier alpha value is -3.19. The number of nitrogens with two attached hydrogens (primary N) is 1. The third-order valence-corrected chi connectivity index (χ3v) is 4.03. The van der Waals surface area contributed by atoms with Crippen LogP contribution in [0, 0.1) is 0 Å². The monoisotopic (exact) mass is 369 g/mol. The summed E-state index contributed by atoms with van der Waals surface area (Å²) >= 11 is 0. The van der Waals surface area contributed by atoms with E-state index in [-0.39, 0.29) is 6.42 Å². The van der Waals surface area contributed by atoms with Gasteiger partial charge < -0.3 is 21.5 Å². The molecule has 2 aromatic rings. The number of carbonyl (C=O) groups excluding carboxylic acids is 2. The van der Waals surface area contributed by atoms with Gasteiger partial charge in [-0.3, -0.25) is 14.4 Å². The molecular formula is C20H23N3O4. The number of aliphatic carboxylic acids is 1. The molecule has 27 heavy (non-hydrogen) atoms. The maximum absolute atomic E-state index is 12.6. The Labute approximate surface area is 157 Å². The molecular weight excluding hydrogens is 346 g/mol. The summed E-state index contributed by atoms with van der Waals surface area (Å²) in [6.07, 6.45) is -0.171. The zero-order chi connectivity index (χ0) is 19.6. The highest BCUT2D eigenvalue weighted by Crippen LogP contribution is 2.05. The van der Waals surface area contributed by atoms with Gasteiger partial charge in [-0.1, -0.05) is 60.7 Å². The van der Waals surface area contributed by atoms with Crippen LogP contribution in [0.2, 0.25) is 0 Å². The summed E-state index contributed by atoms with van der Waals surface area (Å²) in [5.74, 6) is -2.37. The van der Waals surface area contributed by atoms with E-state index in [9.17, 15) is 14.4 Å². The summed E-state index contributed by atoms with van der Waals surface area (Å²) in [4.78, 5) is 35.4. The Balaban J connectivity index is 2.03. The Morgan fingerprint density at radius 3 is 1.96 bits per heavy atom. The molecule has 2 aromatic carbocycles. The van der Waals surface area contributed by atoms with Gasteiger partial charge >= 0.3 is 5.97 Å². The van der Waals surface area contributed by atoms with Crippen molar-refractivity contribution >= 4 is 17.8 Å². The Bertz CT molecular complexity index is 765. The minimum absolute atomic E-state index is 0.236. The first-order chi connectivity index (χ1) is 13.0. The summed E-state index contributed by atoms with van der Waals surface area (Å²) in [7, 11) is 0. The fourth-order valence-corrected chi connectivity index (χ4v) is 2.61. The van der Waals surface area contributed by atoms with Crippen molar-refractivity contribution in [2.75, 3.05) is 0 Å². The Morgan fingerprint density at radius 1 is 0.889 bits per heavy atom. The molecule has 0 fully saturated rings. The highest BCUT2D eigenvalue weighted by molar-refractivity contribution is 5.91. The molecule has 0 saturated heterocycles. The molecule has 2 atom stereocenters. The van der Waals surface area contributed by atoms with Gasteiger partial charge in [0.25, 0.3) is 0 Å². The van der Waals surface area contributed by atoms with Crippen molar-refractivity contribution in [2.45, 2.75) is 31.5 Å². The van der Waals surface area contributed by atoms with Gasteiger partial charge in [0.1, 0.15) is 6.04 Å². The quantitative estimate of drug-likeness (QED) is 0.494. The van der Waals surface area contributed by atoms with Crippen LogP contribution in [0.3, 0.4) is 0 Å². The van der Waals surface area contributed by atoms with Crippen LogP contribution in [0.5, 0.6) is 0 Å². The lowest BCUT2D eigenvalue weighted by Crippen LogP contribution is -2.53. The maximum Gasteiger partial charge on any atom is 0.305 e. The molecule has 0 unspecified atom stereocenters. The molecule has 0 aliphatic rings. The first kappa shape index (κ1) is 20.1. The molecule has 7 heteroatoms. The minimum atomic E-state index is -1.12. The van der Waals surface area contributed by atoms with E-state index in [1.165, 1.54) is 0 Å². The third-order valence-electron chi connectivity index (χ3n) is 4.03. The predicted octanol–water partition coefficient (Wildman–Crippen LogP) is 0.832. The summed E-state index contributed by atoms with van der Waals surface area (Å²) in [6, 6.07) is 16.5. The molecule has 0 aliphatic carbocycles. The van der Waals surface area contributed by atoms with E-state index >= 15 is 0 Å². The average molecular weight is 369 g/mol. The molecule has 0 bridgehead atoms. The smallest absolute Gasteiger partial charge is 0.305 e. The van der Waals surface area contributed by atoms with Crippen molar-refractivity contribution < 1.29 is 19.5 Å². The van der Waals surface area contributed by atoms with Crippen LogP contribution in [0.1, 0.15) is 17.5 Å². The number of nitrogens with one attached hydrogen (secondary N) is 2. The largest absolute Gasteiger partial charge is 0.481 e. The number of primary amides is 1. The Morgan fingerprint density at radius 2 is 1.44 bits per heavy atom. The van der Waals surface area contributed by atoms with Crippen LogP contribution < -0.4 is 16.4 Å². The van der Waals surface area contributed by atoms with Gasteiger partial charge in [-0.15, -0.1) is 0 Å². The number of carboxylic acid groups (broad SMARTS) is 1. The lowest BCUT2D eigenvalue weighted by atomic mass is 10.0. The molecule has 2 amide bonds. The molecule has 142 valence electrons. The highest BCUT2D eigenvalue weighted by atomic mass is 16.4. The Kier molecular flexibility index (Phi) is 7.51. The van der Waals surface area contributed by atoms with Crippen molar-refractivity contribution in [3.8, 4) is 0 Å². The number of benzene rings is 2. The van der Waals surface area contributed by atoms with Crippen LogP contribution in [-0.2, 0) is 27.3 Å². The van der Waals surface area contributed by atoms with Gasteiger partial charge in [-0.05, 0) is 11.1 Å². The number of carbonyl (C=O) groups is 3. The lowest BCUT2D eigenvalue weighted by molar-refractivity contribution is -0.140. The van der Waals surface area contributed by atoms with Crippen molar-refractivity contribution in [3.05, 3.63) is 71.8 Å². The fourth-order valence-electron chi connectivity index (χ4n) is 2.61. The van der Waals surface area contributed by atoms with Crippen molar-refractivity contribution in [2.24, 2.45) is 5.73 Å². The number of hydrogen-bond donors (Lipinski definition) is 4. The van der Waals surface area contributed by atoms with Gasteiger partial charge in [0.05, 0.1) is 12.5 Å². The molecule has 0 radical (unpaired) electrons. The highest BCUT2D eigenvalue weighted by Gasteiger charge is 2.26. The second-order valence-electron chi connectivity index (χ2n) is 6.17. The lowest BCUT2D eigenvalue weighted by Gasteiger charge is -2.21. The second kappa shape index (κ2) is 10.1. The zero-order valence-corrected chi connectivity index (χ0v) is 14.8. The van der Waals surface area contributed by atoms with Gasteiger partial charge in [0.2, 0.25) is 11.8 Å². The van der Waals surface area contributed by atoms with Crippen LogP contribution in [0.15, 0.2) is 60.7 Å². The first-order valence-corrected chi connectivity index (χ1v) is 8.58. The number of carboxylic acids is 1. The summed E-state index contributed by atoms with van der Waals surface area (Å²) in [5.41, 5.74) is 7.16. The van der Waals surface area contributed by atoms with E-state index in [2.05, 4.69) is 10.6 Å². The first-order valence-electron chi connectivity index (χ1n) is 8.58. The third kappa shape index (κ3) is 6.91. The van der Waals surface area contributed by atoms with Crippen molar-refractivity contribution in [1.82, 2.24) is 10.6 Å². The zero-order valence-electron chi connectivity index (χ0n) is 14.8. The molecule has 0 spiro atoms. The standard InChI is InChI=1S/C20H23N3O4/c21-19(26)16(11-14-7-3-1-4-8-14)23-20(27)17(12-18(24)25)22-13-15-9-5-2-6-10-15/h1-10,16-17,22H,11-13H2,(H2,21,26)(H,23,27)(H,24,25)/t16-,17-/m0/s1. The molecule has 0 aromatic heterocycles. The van der Waals surface area contributed by atoms with Crippen molar-refractivity contribution in [3.63, 3.8) is 0 Å². The van der Waals surface area contributed by atoms with E-state index in [1.807, 2.05) is 60.7 Å². The van der Waals surface area contributed by atoms with Gasteiger partial charge in [-0.2, -0.15) is 0 Å². The number of rotatable bonds is 10. The molecule has 5 N–H and O–H groups in total. The fraction of sp³-hybridized carbons (Fsp3) is 0.250. The summed E-state index contributed by atoms with van der Waals surface area (Å²) < 4.78 is 0. The average Bonchev–Trinajstić information content (AvgIpc) is 2.65. The molecule has 7 nitrogen and oxygen atoms in total. The van der Waals surface area contributed by atoms with Crippen LogP contribution in [0.25, 0.3) is 0 Å². The summed E-state index contributed by atoms with van der Waals surface area (Å²) in [5, 5.41) is 14.6. The minimum Gasteiger partial charge on any atom is -0.481 e. The van der Waals surface area contributed by atoms with Gasteiger partial charge in [-0.25, -0.2) is 0 Å². The van der Waals surface area contributed by atoms with Gasteiger partial charge in [0, 0.05) is 13.0 Å². The van der Waals surface area contributed by atoms with E-state index in [1.54, 1.807) is 0 Å². The SMILES string of the molecule is NC(=O)[C@H](Cc1ccccc1)NC(=O)[C@H](CC(=O)O)NCc1ccccc1. The second-order valence-corrected chi connectivity index (χ2v) is 6.17. The van der Waals surface area contributed by atoms with Gasteiger partial charge in [0.15, 0.2) is 0 Å². The van der Waals surface area contributed by atoms with Crippen molar-refractivity contribution in [1.29, 1.82) is 0 Å². The predicted molar refractivity (Wildman–Crippen MR) is 101 cm³/mol. The number of amides is 2. The molecule has 0 heterocycles. The van der Waals surface area contributed by atoms with E-state index in [0.717, 1.165) is 11.1 Å². The van der Waals surface area contributed by atoms with E-state index in [0.29, 0.717) is 6.54 Å². The summed E-state index contributed by atoms with van der Waals surface area (Å²) in [6.45, 7) is 0.326. The topological polar surface area (TPSA) is 122 Å². The molecule has 0 aliphatic heterocycles. The number of hydrogen-bond acceptors (Lipinski definition) is 4. The molecule has 0 saturated carbocycles. The van der Waals surface area contributed by atoms with Crippen LogP contribution >= 0.6 is 0 Å². The van der Waals surface area contributed by atoms with E-state index in [4.69, 9.17) is 10.8 Å². The van der Waals surface area contributed by atoms with Crippen LogP contribution in [0.4, 0.5) is 0 Å². The maximum atomic E-state index is 12.6. The van der Waals surface area contributed by atoms with Crippen LogP contribution in [-0.4, -0.2) is 35.0 Å². The molecule has 2 rings (SSSR count). The van der Waals surface area contributed by atoms with E-state index < -0.39 is 36.3 Å².